The Hall–Kier alpha value is -3.47. The number of aliphatic hydroxyl groups excluding tert-OH is 1. The number of aromatic nitrogens is 1. The van der Waals surface area contributed by atoms with Crippen molar-refractivity contribution in [3.8, 4) is 17.6 Å². The number of aliphatic hydroxyl groups is 1. The lowest BCUT2D eigenvalue weighted by atomic mass is 9.79. The van der Waals surface area contributed by atoms with E-state index in [4.69, 9.17) is 4.74 Å². The Labute approximate surface area is 217 Å². The van der Waals surface area contributed by atoms with Crippen molar-refractivity contribution in [2.45, 2.75) is 38.7 Å². The summed E-state index contributed by atoms with van der Waals surface area (Å²) in [5.41, 5.74) is 2.82. The zero-order valence-corrected chi connectivity index (χ0v) is 21.3. The summed E-state index contributed by atoms with van der Waals surface area (Å²) in [4.78, 5) is 18.1. The van der Waals surface area contributed by atoms with E-state index in [9.17, 15) is 19.4 Å². The Morgan fingerprint density at radius 3 is 2.84 bits per heavy atom. The van der Waals surface area contributed by atoms with Crippen LogP contribution in [0.2, 0.25) is 0 Å². The van der Waals surface area contributed by atoms with Crippen LogP contribution in [0.25, 0.3) is 10.9 Å². The second-order valence-electron chi connectivity index (χ2n) is 9.78. The number of aliphatic carboxylic acids is 1. The second-order valence-corrected chi connectivity index (χ2v) is 9.78. The third-order valence-corrected chi connectivity index (χ3v) is 7.27. The van der Waals surface area contributed by atoms with Crippen LogP contribution < -0.4 is 4.74 Å². The maximum absolute atomic E-state index is 13.8. The van der Waals surface area contributed by atoms with E-state index < -0.39 is 12.1 Å². The Morgan fingerprint density at radius 1 is 1.24 bits per heavy atom. The van der Waals surface area contributed by atoms with Gasteiger partial charge in [0.15, 0.2) is 0 Å². The fourth-order valence-electron chi connectivity index (χ4n) is 5.15. The molecule has 2 N–H and O–H groups in total. The molecule has 1 saturated heterocycles. The first kappa shape index (κ1) is 26.6. The Bertz CT molecular complexity index is 1320. The molecule has 1 fully saturated rings. The molecule has 2 aromatic carbocycles. The van der Waals surface area contributed by atoms with E-state index in [0.29, 0.717) is 36.4 Å². The summed E-state index contributed by atoms with van der Waals surface area (Å²) in [6.45, 7) is 3.67. The standard InChI is InChI=1S/C30H33FN2O4/c1-20-5-6-21(16-27(20)31)4-3-14-33-15-12-22(23(19-33)17-30(35)36)7-10-29(34)25-11-13-32-28-9-8-24(37-2)18-26(25)28/h5-6,8-9,11,13,16,18,22-23,29,34H,7,10,12,14-15,17,19H2,1-2H3,(H,35,36)/t22-,23+,29?/m1/s1. The Kier molecular flexibility index (Phi) is 8.75. The van der Waals surface area contributed by atoms with Gasteiger partial charge in [-0.15, -0.1) is 0 Å². The molecule has 2 heterocycles. The van der Waals surface area contributed by atoms with Gasteiger partial charge in [-0.3, -0.25) is 14.7 Å². The summed E-state index contributed by atoms with van der Waals surface area (Å²) in [7, 11) is 1.61. The van der Waals surface area contributed by atoms with Gasteiger partial charge in [0.2, 0.25) is 0 Å². The predicted octanol–water partition coefficient (Wildman–Crippen LogP) is 4.97. The van der Waals surface area contributed by atoms with Crippen molar-refractivity contribution in [1.82, 2.24) is 9.88 Å². The average molecular weight is 505 g/mol. The van der Waals surface area contributed by atoms with E-state index in [-0.39, 0.29) is 24.1 Å². The molecule has 0 saturated carbocycles. The van der Waals surface area contributed by atoms with Crippen molar-refractivity contribution in [3.05, 3.63) is 71.2 Å². The second kappa shape index (κ2) is 12.2. The lowest BCUT2D eigenvalue weighted by Gasteiger charge is -2.37. The van der Waals surface area contributed by atoms with Gasteiger partial charge in [-0.05, 0) is 92.1 Å². The van der Waals surface area contributed by atoms with Gasteiger partial charge in [0, 0.05) is 30.1 Å². The van der Waals surface area contributed by atoms with Crippen LogP contribution in [-0.4, -0.2) is 52.8 Å². The normalized spacial score (nSPS) is 18.7. The highest BCUT2D eigenvalue weighted by atomic mass is 19.1. The Balaban J connectivity index is 1.39. The van der Waals surface area contributed by atoms with Crippen molar-refractivity contribution in [2.24, 2.45) is 11.8 Å². The highest BCUT2D eigenvalue weighted by Crippen LogP contribution is 2.34. The van der Waals surface area contributed by atoms with Crippen molar-refractivity contribution in [1.29, 1.82) is 0 Å². The number of hydrogen-bond acceptors (Lipinski definition) is 5. The summed E-state index contributed by atoms with van der Waals surface area (Å²) in [5, 5.41) is 21.4. The molecule has 1 aromatic heterocycles. The fourth-order valence-corrected chi connectivity index (χ4v) is 5.15. The topological polar surface area (TPSA) is 82.9 Å². The summed E-state index contributed by atoms with van der Waals surface area (Å²) in [6, 6.07) is 12.4. The lowest BCUT2D eigenvalue weighted by molar-refractivity contribution is -0.139. The molecule has 1 unspecified atom stereocenters. The number of halogens is 1. The minimum Gasteiger partial charge on any atom is -0.497 e. The molecule has 7 heteroatoms. The van der Waals surface area contributed by atoms with E-state index >= 15 is 0 Å². The Morgan fingerprint density at radius 2 is 2.08 bits per heavy atom. The molecule has 0 radical (unpaired) electrons. The van der Waals surface area contributed by atoms with Gasteiger partial charge in [-0.1, -0.05) is 17.9 Å². The molecule has 0 amide bonds. The number of likely N-dealkylation sites (tertiary alicyclic amines) is 1. The lowest BCUT2D eigenvalue weighted by Crippen LogP contribution is -2.41. The van der Waals surface area contributed by atoms with Crippen LogP contribution in [0.5, 0.6) is 5.75 Å². The molecule has 1 aliphatic heterocycles. The summed E-state index contributed by atoms with van der Waals surface area (Å²) >= 11 is 0. The fraction of sp³-hybridized carbons (Fsp3) is 0.400. The average Bonchev–Trinajstić information content (AvgIpc) is 2.89. The quantitative estimate of drug-likeness (QED) is 0.422. The van der Waals surface area contributed by atoms with E-state index in [2.05, 4.69) is 21.7 Å². The molecule has 37 heavy (non-hydrogen) atoms. The van der Waals surface area contributed by atoms with Crippen LogP contribution in [0.4, 0.5) is 4.39 Å². The van der Waals surface area contributed by atoms with Gasteiger partial charge in [-0.2, -0.15) is 0 Å². The monoisotopic (exact) mass is 504 g/mol. The smallest absolute Gasteiger partial charge is 0.303 e. The van der Waals surface area contributed by atoms with Crippen LogP contribution in [0.3, 0.4) is 0 Å². The van der Waals surface area contributed by atoms with Gasteiger partial charge in [0.25, 0.3) is 0 Å². The summed E-state index contributed by atoms with van der Waals surface area (Å²) in [6.07, 6.45) is 3.22. The number of carbonyl (C=O) groups is 1. The number of pyridine rings is 1. The van der Waals surface area contributed by atoms with E-state index in [1.165, 1.54) is 6.07 Å². The van der Waals surface area contributed by atoms with Gasteiger partial charge >= 0.3 is 5.97 Å². The first-order valence-electron chi connectivity index (χ1n) is 12.6. The molecule has 194 valence electrons. The minimum atomic E-state index is -0.814. The van der Waals surface area contributed by atoms with Crippen molar-refractivity contribution in [3.63, 3.8) is 0 Å². The molecule has 4 rings (SSSR count). The van der Waals surface area contributed by atoms with Crippen molar-refractivity contribution >= 4 is 16.9 Å². The number of aryl methyl sites for hydroxylation is 1. The maximum atomic E-state index is 13.8. The number of carboxylic acid groups (broad SMARTS) is 1. The number of piperidine rings is 1. The van der Waals surface area contributed by atoms with Crippen molar-refractivity contribution in [2.75, 3.05) is 26.7 Å². The molecule has 3 atom stereocenters. The number of fused-ring (bicyclic) bond motifs is 1. The first-order chi connectivity index (χ1) is 17.8. The molecule has 1 aliphatic rings. The highest BCUT2D eigenvalue weighted by Gasteiger charge is 2.31. The maximum Gasteiger partial charge on any atom is 0.303 e. The number of ether oxygens (including phenoxy) is 1. The third kappa shape index (κ3) is 6.85. The zero-order valence-electron chi connectivity index (χ0n) is 21.3. The third-order valence-electron chi connectivity index (χ3n) is 7.27. The van der Waals surface area contributed by atoms with Gasteiger partial charge in [0.1, 0.15) is 11.6 Å². The summed E-state index contributed by atoms with van der Waals surface area (Å²) < 4.78 is 19.1. The number of nitrogens with zero attached hydrogens (tertiary/aromatic N) is 2. The summed E-state index contributed by atoms with van der Waals surface area (Å²) in [5.74, 6) is 5.92. The van der Waals surface area contributed by atoms with E-state index in [0.717, 1.165) is 35.9 Å². The molecule has 6 nitrogen and oxygen atoms in total. The molecule has 0 spiro atoms. The van der Waals surface area contributed by atoms with Crippen molar-refractivity contribution < 1.29 is 24.1 Å². The van der Waals surface area contributed by atoms with Crippen LogP contribution in [0.15, 0.2) is 48.7 Å². The van der Waals surface area contributed by atoms with Crippen LogP contribution >= 0.6 is 0 Å². The van der Waals surface area contributed by atoms with E-state index in [1.54, 1.807) is 32.4 Å². The van der Waals surface area contributed by atoms with Crippen LogP contribution in [0, 0.1) is 36.4 Å². The number of methoxy groups -OCH3 is 1. The molecule has 0 bridgehead atoms. The predicted molar refractivity (Wildman–Crippen MR) is 141 cm³/mol. The van der Waals surface area contributed by atoms with Gasteiger partial charge < -0.3 is 14.9 Å². The number of carboxylic acids is 1. The SMILES string of the molecule is COc1ccc2nccc(C(O)CC[C@@H]3CCN(CC#Cc4ccc(C)c(F)c4)C[C@@H]3CC(=O)O)c2c1. The largest absolute Gasteiger partial charge is 0.497 e. The first-order valence-corrected chi connectivity index (χ1v) is 12.6. The molecule has 0 aliphatic carbocycles. The van der Waals surface area contributed by atoms with E-state index in [1.807, 2.05) is 24.3 Å². The number of rotatable bonds is 8. The van der Waals surface area contributed by atoms with Gasteiger partial charge in [0.05, 0.1) is 25.3 Å². The number of benzene rings is 2. The molecule has 3 aromatic rings. The van der Waals surface area contributed by atoms with Crippen LogP contribution in [0.1, 0.15) is 48.5 Å². The highest BCUT2D eigenvalue weighted by molar-refractivity contribution is 5.83. The minimum absolute atomic E-state index is 0.0219. The molecular formula is C30H33FN2O4. The number of hydrogen-bond donors (Lipinski definition) is 2. The zero-order chi connectivity index (χ0) is 26.4. The van der Waals surface area contributed by atoms with Crippen LogP contribution in [-0.2, 0) is 4.79 Å². The molecular weight excluding hydrogens is 471 g/mol. The van der Waals surface area contributed by atoms with Gasteiger partial charge in [-0.25, -0.2) is 4.39 Å².